The van der Waals surface area contributed by atoms with Crippen molar-refractivity contribution in [1.82, 2.24) is 9.80 Å². The molecular weight excluding hydrogens is 669 g/mol. The molecule has 0 aromatic heterocycles. The molecule has 6 heteroatoms. The Kier molecular flexibility index (Phi) is 11.7. The van der Waals surface area contributed by atoms with E-state index in [0.29, 0.717) is 22.3 Å². The van der Waals surface area contributed by atoms with Crippen LogP contribution in [0.25, 0.3) is 43.1 Å². The largest absolute Gasteiger partial charge is 0.271 e. The standard InChI is InChI=1S/C48H58N2O4/c1-5-9-13-17-21-31(19-15-11-7-3)49-45(51)37-27-23-33-35-25-29-39-44-40(30-26-36(42(35)44)34-24-28-38(46(49)52)43(37)41(33)34)48(54)50(47(39)53)32(20-16-12-8-4)22-18-14-10-6-2/h23-32H,5-22H2,1-4H3. The minimum absolute atomic E-state index is 0.113. The Morgan fingerprint density at radius 2 is 0.611 bits per heavy atom. The van der Waals surface area contributed by atoms with E-state index in [1.807, 2.05) is 48.5 Å². The molecule has 0 fully saturated rings. The Morgan fingerprint density at radius 3 is 0.889 bits per heavy atom. The molecule has 2 aliphatic rings. The first-order valence-electron chi connectivity index (χ1n) is 21.3. The Morgan fingerprint density at radius 1 is 0.352 bits per heavy atom. The molecule has 2 atom stereocenters. The fourth-order valence-electron chi connectivity index (χ4n) is 9.65. The molecule has 2 heterocycles. The van der Waals surface area contributed by atoms with Gasteiger partial charge in [0.1, 0.15) is 0 Å². The Balaban J connectivity index is 1.32. The van der Waals surface area contributed by atoms with Crippen LogP contribution in [0.3, 0.4) is 0 Å². The fourth-order valence-corrected chi connectivity index (χ4v) is 9.65. The van der Waals surface area contributed by atoms with Crippen molar-refractivity contribution in [2.75, 3.05) is 0 Å². The fraction of sp³-hybridized carbons (Fsp3) is 0.500. The van der Waals surface area contributed by atoms with E-state index in [4.69, 9.17) is 0 Å². The summed E-state index contributed by atoms with van der Waals surface area (Å²) in [6.45, 7) is 8.76. The number of benzene rings is 5. The molecule has 0 bridgehead atoms. The lowest BCUT2D eigenvalue weighted by Crippen LogP contribution is -2.47. The minimum Gasteiger partial charge on any atom is -0.271 e. The van der Waals surface area contributed by atoms with Gasteiger partial charge in [-0.25, -0.2) is 0 Å². The van der Waals surface area contributed by atoms with Gasteiger partial charge in [-0.2, -0.15) is 0 Å². The summed E-state index contributed by atoms with van der Waals surface area (Å²) in [5.74, 6) is -0.764. The molecule has 54 heavy (non-hydrogen) atoms. The topological polar surface area (TPSA) is 74.8 Å². The molecule has 4 amide bonds. The summed E-state index contributed by atoms with van der Waals surface area (Å²) in [4.78, 5) is 60.9. The van der Waals surface area contributed by atoms with Crippen molar-refractivity contribution >= 4 is 66.7 Å². The van der Waals surface area contributed by atoms with Gasteiger partial charge in [0.2, 0.25) is 0 Å². The lowest BCUT2D eigenvalue weighted by atomic mass is 9.81. The van der Waals surface area contributed by atoms with E-state index in [9.17, 15) is 19.2 Å². The average molecular weight is 727 g/mol. The highest BCUT2D eigenvalue weighted by Gasteiger charge is 2.40. The van der Waals surface area contributed by atoms with Crippen LogP contribution >= 0.6 is 0 Å². The number of amides is 4. The van der Waals surface area contributed by atoms with Crippen molar-refractivity contribution in [1.29, 1.82) is 0 Å². The second-order valence-electron chi connectivity index (χ2n) is 16.1. The van der Waals surface area contributed by atoms with Gasteiger partial charge in [0.15, 0.2) is 0 Å². The third-order valence-corrected chi connectivity index (χ3v) is 12.5. The van der Waals surface area contributed by atoms with Crippen LogP contribution < -0.4 is 0 Å². The number of fused-ring (bicyclic) bond motifs is 2. The van der Waals surface area contributed by atoms with Crippen LogP contribution in [0, 0.1) is 0 Å². The number of rotatable bonds is 20. The number of carbonyl (C=O) groups excluding carboxylic acids is 4. The first-order chi connectivity index (χ1) is 26.4. The quantitative estimate of drug-likeness (QED) is 0.0346. The van der Waals surface area contributed by atoms with E-state index in [1.54, 1.807) is 9.80 Å². The number of unbranched alkanes of at least 4 members (excludes halogenated alkanes) is 10. The van der Waals surface area contributed by atoms with E-state index >= 15 is 0 Å². The molecule has 0 saturated heterocycles. The molecule has 0 N–H and O–H groups in total. The number of carbonyl (C=O) groups is 4. The predicted octanol–water partition coefficient (Wildman–Crippen LogP) is 12.8. The monoisotopic (exact) mass is 726 g/mol. The van der Waals surface area contributed by atoms with E-state index in [-0.39, 0.29) is 35.7 Å². The number of hydrogen-bond acceptors (Lipinski definition) is 4. The van der Waals surface area contributed by atoms with Crippen LogP contribution in [-0.4, -0.2) is 45.5 Å². The van der Waals surface area contributed by atoms with Gasteiger partial charge in [0, 0.05) is 45.1 Å². The summed E-state index contributed by atoms with van der Waals surface area (Å²) in [6, 6.07) is 15.5. The van der Waals surface area contributed by atoms with Gasteiger partial charge in [-0.1, -0.05) is 142 Å². The van der Waals surface area contributed by atoms with Crippen LogP contribution in [0.15, 0.2) is 48.5 Å². The van der Waals surface area contributed by atoms with E-state index < -0.39 is 0 Å². The summed E-state index contributed by atoms with van der Waals surface area (Å²) in [5.41, 5.74) is 2.34. The van der Waals surface area contributed by atoms with Crippen molar-refractivity contribution in [3.8, 4) is 0 Å². The maximum Gasteiger partial charge on any atom is 0.261 e. The van der Waals surface area contributed by atoms with Crippen LogP contribution in [0.5, 0.6) is 0 Å². The first-order valence-corrected chi connectivity index (χ1v) is 21.3. The second kappa shape index (κ2) is 16.6. The molecule has 5 aromatic carbocycles. The summed E-state index contributed by atoms with van der Waals surface area (Å²) in [6.07, 6.45) is 18.5. The molecule has 0 saturated carbocycles. The highest BCUT2D eigenvalue weighted by atomic mass is 16.2. The van der Waals surface area contributed by atoms with Crippen LogP contribution in [-0.2, 0) is 0 Å². The molecular formula is C48H58N2O4. The normalized spacial score (nSPS) is 15.6. The highest BCUT2D eigenvalue weighted by Crippen LogP contribution is 2.47. The van der Waals surface area contributed by atoms with Crippen molar-refractivity contribution in [2.45, 2.75) is 155 Å². The van der Waals surface area contributed by atoms with Crippen molar-refractivity contribution in [3.05, 3.63) is 70.8 Å². The molecule has 7 rings (SSSR count). The molecule has 0 radical (unpaired) electrons. The van der Waals surface area contributed by atoms with Gasteiger partial charge in [0.05, 0.1) is 0 Å². The SMILES string of the molecule is CCCCCCC(CCCCC)N1C(=O)c2ccc3c4ccc5c6c(ccc(c7ccc(c2c37)C1=O)c64)C(=O)N(C(CCCCC)CCCCCC)C5=O. The lowest BCUT2D eigenvalue weighted by molar-refractivity contribution is 0.0501. The van der Waals surface area contributed by atoms with Gasteiger partial charge in [-0.3, -0.25) is 29.0 Å². The smallest absolute Gasteiger partial charge is 0.261 e. The van der Waals surface area contributed by atoms with E-state index in [1.165, 1.54) is 0 Å². The number of nitrogens with zero attached hydrogens (tertiary/aromatic N) is 2. The Hall–Kier alpha value is -4.32. The second-order valence-corrected chi connectivity index (χ2v) is 16.1. The van der Waals surface area contributed by atoms with Gasteiger partial charge in [-0.15, -0.1) is 0 Å². The minimum atomic E-state index is -0.191. The average Bonchev–Trinajstić information content (AvgIpc) is 3.18. The Bertz CT molecular complexity index is 1930. The number of imide groups is 2. The van der Waals surface area contributed by atoms with E-state index in [0.717, 1.165) is 159 Å². The van der Waals surface area contributed by atoms with Gasteiger partial charge >= 0.3 is 0 Å². The van der Waals surface area contributed by atoms with Gasteiger partial charge in [0.25, 0.3) is 23.6 Å². The summed E-state index contributed by atoms with van der Waals surface area (Å²) in [5, 5.41) is 7.01. The van der Waals surface area contributed by atoms with Crippen LogP contribution in [0.1, 0.15) is 185 Å². The van der Waals surface area contributed by atoms with E-state index in [2.05, 4.69) is 27.7 Å². The summed E-state index contributed by atoms with van der Waals surface area (Å²) >= 11 is 0. The van der Waals surface area contributed by atoms with Crippen molar-refractivity contribution in [3.63, 3.8) is 0 Å². The maximum absolute atomic E-state index is 14.4. The molecule has 0 spiro atoms. The zero-order valence-electron chi connectivity index (χ0n) is 33.0. The molecule has 6 nitrogen and oxygen atoms in total. The number of hydrogen-bond donors (Lipinski definition) is 0. The zero-order chi connectivity index (χ0) is 37.9. The van der Waals surface area contributed by atoms with Gasteiger partial charge in [-0.05, 0) is 82.3 Å². The predicted molar refractivity (Wildman–Crippen MR) is 222 cm³/mol. The first kappa shape index (κ1) is 38.0. The van der Waals surface area contributed by atoms with Crippen LogP contribution in [0.4, 0.5) is 0 Å². The van der Waals surface area contributed by atoms with Gasteiger partial charge < -0.3 is 0 Å². The zero-order valence-corrected chi connectivity index (χ0v) is 33.0. The van der Waals surface area contributed by atoms with Crippen molar-refractivity contribution in [2.24, 2.45) is 0 Å². The lowest BCUT2D eigenvalue weighted by Gasteiger charge is -2.35. The highest BCUT2D eigenvalue weighted by molar-refractivity contribution is 6.41. The molecule has 5 aromatic rings. The molecule has 2 aliphatic heterocycles. The van der Waals surface area contributed by atoms with Crippen molar-refractivity contribution < 1.29 is 19.2 Å². The maximum atomic E-state index is 14.4. The summed E-state index contributed by atoms with van der Waals surface area (Å²) in [7, 11) is 0. The third kappa shape index (κ3) is 6.58. The molecule has 0 aliphatic carbocycles. The molecule has 2 unspecified atom stereocenters. The Labute approximate surface area is 321 Å². The summed E-state index contributed by atoms with van der Waals surface area (Å²) < 4.78 is 0. The third-order valence-electron chi connectivity index (χ3n) is 12.5. The molecule has 284 valence electrons. The van der Waals surface area contributed by atoms with Crippen LogP contribution in [0.2, 0.25) is 0 Å².